The van der Waals surface area contributed by atoms with Crippen molar-refractivity contribution in [3.05, 3.63) is 48.6 Å². The molecule has 0 aromatic rings. The van der Waals surface area contributed by atoms with E-state index in [4.69, 9.17) is 19.1 Å². The number of hydrogen-bond donors (Lipinski definition) is 4. The average molecular weight is 745 g/mol. The molecule has 0 heterocycles. The zero-order chi connectivity index (χ0) is 38.0. The Balaban J connectivity index is 4.60. The summed E-state index contributed by atoms with van der Waals surface area (Å²) in [7, 11) is -4.66. The number of carbonyl (C=O) groups is 2. The number of aliphatic hydroxyl groups is 3. The Kier molecular flexibility index (Phi) is 32.3. The summed E-state index contributed by atoms with van der Waals surface area (Å²) >= 11 is 0. The highest BCUT2D eigenvalue weighted by Crippen LogP contribution is 2.43. The minimum absolute atomic E-state index is 0.0452. The van der Waals surface area contributed by atoms with Crippen LogP contribution in [0.3, 0.4) is 0 Å². The number of aliphatic hydroxyl groups excluding tert-OH is 3. The van der Waals surface area contributed by atoms with Gasteiger partial charge in [0.1, 0.15) is 12.7 Å². The summed E-state index contributed by atoms with van der Waals surface area (Å²) in [6, 6.07) is 0. The van der Waals surface area contributed by atoms with E-state index in [0.717, 1.165) is 44.4 Å². The minimum atomic E-state index is -4.66. The van der Waals surface area contributed by atoms with Crippen molar-refractivity contribution in [2.75, 3.05) is 26.4 Å². The maximum atomic E-state index is 12.6. The molecule has 0 amide bonds. The first-order valence-electron chi connectivity index (χ1n) is 19.1. The summed E-state index contributed by atoms with van der Waals surface area (Å²) in [6.45, 7) is 4.34. The highest BCUT2D eigenvalue weighted by atomic mass is 31.2. The van der Waals surface area contributed by atoms with Crippen molar-refractivity contribution >= 4 is 19.8 Å². The number of hydrogen-bond acceptors (Lipinski definition) is 10. The van der Waals surface area contributed by atoms with Crippen LogP contribution in [0.15, 0.2) is 48.6 Å². The lowest BCUT2D eigenvalue weighted by molar-refractivity contribution is -0.161. The van der Waals surface area contributed by atoms with Crippen molar-refractivity contribution in [1.82, 2.24) is 0 Å². The summed E-state index contributed by atoms with van der Waals surface area (Å²) in [4.78, 5) is 34.8. The molecule has 1 unspecified atom stereocenters. The van der Waals surface area contributed by atoms with Crippen LogP contribution in [0.4, 0.5) is 0 Å². The Hall–Kier alpha value is -2.11. The average Bonchev–Trinajstić information content (AvgIpc) is 3.09. The highest BCUT2D eigenvalue weighted by molar-refractivity contribution is 7.47. The van der Waals surface area contributed by atoms with Crippen LogP contribution in [-0.4, -0.2) is 76.9 Å². The van der Waals surface area contributed by atoms with Crippen LogP contribution in [0.25, 0.3) is 0 Å². The van der Waals surface area contributed by atoms with Gasteiger partial charge in [0.2, 0.25) is 0 Å². The molecule has 0 fully saturated rings. The number of carbonyl (C=O) groups excluding carboxylic acids is 2. The quantitative estimate of drug-likeness (QED) is 0.0165. The number of unbranched alkanes of at least 4 members (excludes halogenated alkanes) is 9. The van der Waals surface area contributed by atoms with Gasteiger partial charge in [0.15, 0.2) is 6.10 Å². The van der Waals surface area contributed by atoms with E-state index >= 15 is 0 Å². The van der Waals surface area contributed by atoms with Crippen LogP contribution in [-0.2, 0) is 32.7 Å². The van der Waals surface area contributed by atoms with E-state index in [-0.39, 0.29) is 19.4 Å². The summed E-state index contributed by atoms with van der Waals surface area (Å²) in [6.07, 6.45) is 28.5. The molecule has 0 saturated carbocycles. The largest absolute Gasteiger partial charge is 0.472 e. The van der Waals surface area contributed by atoms with Crippen molar-refractivity contribution in [2.24, 2.45) is 5.92 Å². The Morgan fingerprint density at radius 1 is 0.706 bits per heavy atom. The molecule has 0 radical (unpaired) electrons. The molecule has 0 aromatic carbocycles. The Bertz CT molecular complexity index is 1020. The first-order chi connectivity index (χ1) is 24.5. The van der Waals surface area contributed by atoms with Crippen LogP contribution in [0.5, 0.6) is 0 Å². The maximum Gasteiger partial charge on any atom is 0.472 e. The highest BCUT2D eigenvalue weighted by Gasteiger charge is 2.27. The van der Waals surface area contributed by atoms with Crippen molar-refractivity contribution in [3.8, 4) is 0 Å². The summed E-state index contributed by atoms with van der Waals surface area (Å²) in [5, 5.41) is 28.5. The second-order valence-corrected chi connectivity index (χ2v) is 14.7. The Morgan fingerprint density at radius 3 is 2.02 bits per heavy atom. The minimum Gasteiger partial charge on any atom is -0.462 e. The van der Waals surface area contributed by atoms with E-state index in [2.05, 4.69) is 49.6 Å². The molecular weight excluding hydrogens is 675 g/mol. The third-order valence-electron chi connectivity index (χ3n) is 7.77. The van der Waals surface area contributed by atoms with E-state index in [1.54, 1.807) is 12.2 Å². The number of ether oxygens (including phenoxy) is 2. The van der Waals surface area contributed by atoms with Gasteiger partial charge >= 0.3 is 19.8 Å². The van der Waals surface area contributed by atoms with Gasteiger partial charge in [0, 0.05) is 12.8 Å². The fourth-order valence-corrected chi connectivity index (χ4v) is 5.54. The molecule has 51 heavy (non-hydrogen) atoms. The van der Waals surface area contributed by atoms with E-state index in [9.17, 15) is 29.3 Å². The van der Waals surface area contributed by atoms with Gasteiger partial charge in [-0.1, -0.05) is 127 Å². The lowest BCUT2D eigenvalue weighted by Gasteiger charge is -2.20. The molecule has 0 spiro atoms. The second-order valence-electron chi connectivity index (χ2n) is 13.3. The third-order valence-corrected chi connectivity index (χ3v) is 8.72. The second kappa shape index (κ2) is 33.7. The van der Waals surface area contributed by atoms with Gasteiger partial charge in [-0.05, 0) is 50.9 Å². The van der Waals surface area contributed by atoms with Crippen LogP contribution in [0, 0.1) is 5.92 Å². The van der Waals surface area contributed by atoms with Gasteiger partial charge in [0.25, 0.3) is 0 Å². The van der Waals surface area contributed by atoms with E-state index in [1.807, 2.05) is 12.2 Å². The van der Waals surface area contributed by atoms with Gasteiger partial charge < -0.3 is 29.7 Å². The molecule has 0 saturated heterocycles. The SMILES string of the molecule is CCCCC/C=C\C/C=C\C/C=C\C=C\[C@H](O)CCCC(=O)O[C@H](COC(=O)CCCCCCCCCC(C)C)COP(=O)(O)OC[C@@H](O)CO. The number of rotatable bonds is 34. The Labute approximate surface area is 307 Å². The van der Waals surface area contributed by atoms with Crippen LogP contribution in [0.1, 0.15) is 136 Å². The van der Waals surface area contributed by atoms with Gasteiger partial charge in [-0.25, -0.2) is 4.57 Å². The number of allylic oxidation sites excluding steroid dienone is 7. The molecule has 296 valence electrons. The van der Waals surface area contributed by atoms with Crippen molar-refractivity contribution in [3.63, 3.8) is 0 Å². The fraction of sp³-hybridized carbons (Fsp3) is 0.744. The molecular formula is C39H69O11P. The normalized spacial score (nSPS) is 15.3. The number of esters is 2. The number of phosphoric ester groups is 1. The molecule has 12 heteroatoms. The topological polar surface area (TPSA) is 169 Å². The van der Waals surface area contributed by atoms with Crippen molar-refractivity contribution in [1.29, 1.82) is 0 Å². The zero-order valence-electron chi connectivity index (χ0n) is 31.6. The van der Waals surface area contributed by atoms with Crippen LogP contribution in [0.2, 0.25) is 0 Å². The van der Waals surface area contributed by atoms with Gasteiger partial charge in [-0.15, -0.1) is 0 Å². The maximum absolute atomic E-state index is 12.6. The van der Waals surface area contributed by atoms with Crippen LogP contribution >= 0.6 is 7.82 Å². The van der Waals surface area contributed by atoms with E-state index in [1.165, 1.54) is 44.9 Å². The lowest BCUT2D eigenvalue weighted by atomic mass is 10.0. The van der Waals surface area contributed by atoms with Crippen LogP contribution < -0.4 is 0 Å². The van der Waals surface area contributed by atoms with E-state index in [0.29, 0.717) is 19.3 Å². The first-order valence-corrected chi connectivity index (χ1v) is 20.6. The zero-order valence-corrected chi connectivity index (χ0v) is 32.5. The summed E-state index contributed by atoms with van der Waals surface area (Å²) in [5.74, 6) is -0.405. The Morgan fingerprint density at radius 2 is 1.33 bits per heavy atom. The smallest absolute Gasteiger partial charge is 0.462 e. The summed E-state index contributed by atoms with van der Waals surface area (Å²) < 4.78 is 32.4. The van der Waals surface area contributed by atoms with Crippen molar-refractivity contribution < 1.29 is 52.9 Å². The molecule has 4 N–H and O–H groups in total. The lowest BCUT2D eigenvalue weighted by Crippen LogP contribution is -2.30. The predicted molar refractivity (Wildman–Crippen MR) is 202 cm³/mol. The van der Waals surface area contributed by atoms with Gasteiger partial charge in [-0.2, -0.15) is 0 Å². The fourth-order valence-electron chi connectivity index (χ4n) is 4.75. The third kappa shape index (κ3) is 34.7. The molecule has 0 aliphatic heterocycles. The monoisotopic (exact) mass is 744 g/mol. The van der Waals surface area contributed by atoms with Gasteiger partial charge in [-0.3, -0.25) is 18.6 Å². The molecule has 4 atom stereocenters. The molecule has 11 nitrogen and oxygen atoms in total. The first kappa shape index (κ1) is 48.9. The number of phosphoric acid groups is 1. The summed E-state index contributed by atoms with van der Waals surface area (Å²) in [5.41, 5.74) is 0. The van der Waals surface area contributed by atoms with E-state index < -0.39 is 57.9 Å². The molecule has 0 bridgehead atoms. The standard InChI is InChI=1S/C39H69O11P/c1-4-5-6-7-8-9-10-11-12-13-16-19-22-26-35(41)27-24-29-39(44)50-37(33-49-51(45,46)48-31-36(42)30-40)32-47-38(43)28-23-20-17-14-15-18-21-25-34(2)3/h8-9,11-12,16,19,22,26,34-37,40-42H,4-7,10,13-15,17-18,20-21,23-25,27-33H2,1-3H3,(H,45,46)/b9-8-,12-11-,19-16-,26-22+/t35-,36-,37+/m0/s1. The predicted octanol–water partition coefficient (Wildman–Crippen LogP) is 8.21. The molecule has 0 aliphatic carbocycles. The molecule has 0 aromatic heterocycles. The van der Waals surface area contributed by atoms with Gasteiger partial charge in [0.05, 0.1) is 25.9 Å². The van der Waals surface area contributed by atoms with Crippen molar-refractivity contribution in [2.45, 2.75) is 155 Å². The molecule has 0 aliphatic rings. The molecule has 0 rings (SSSR count).